The van der Waals surface area contributed by atoms with E-state index >= 15 is 0 Å². The zero-order chi connectivity index (χ0) is 17.6. The summed E-state index contributed by atoms with van der Waals surface area (Å²) in [5.74, 6) is 1.87. The number of rotatable bonds is 7. The van der Waals surface area contributed by atoms with Gasteiger partial charge in [-0.1, -0.05) is 24.3 Å². The molecule has 0 saturated heterocycles. The molecule has 0 amide bonds. The molecule has 1 unspecified atom stereocenters. The van der Waals surface area contributed by atoms with Crippen LogP contribution in [-0.4, -0.2) is 24.2 Å². The van der Waals surface area contributed by atoms with Crippen molar-refractivity contribution < 1.29 is 19.4 Å². The van der Waals surface area contributed by atoms with Crippen molar-refractivity contribution in [3.8, 4) is 11.5 Å². The van der Waals surface area contributed by atoms with Gasteiger partial charge < -0.3 is 19.4 Å². The number of aliphatic imine (C=N–C) groups is 1. The maximum absolute atomic E-state index is 9.12. The highest BCUT2D eigenvalue weighted by Crippen LogP contribution is 2.30. The smallest absolute Gasteiger partial charge is 0.242 e. The van der Waals surface area contributed by atoms with Crippen molar-refractivity contribution in [2.24, 2.45) is 4.99 Å². The van der Waals surface area contributed by atoms with E-state index in [1.165, 1.54) is 0 Å². The van der Waals surface area contributed by atoms with Gasteiger partial charge in [0.15, 0.2) is 17.7 Å². The van der Waals surface area contributed by atoms with Gasteiger partial charge in [-0.15, -0.1) is 5.48 Å². The van der Waals surface area contributed by atoms with E-state index in [4.69, 9.17) is 19.4 Å². The largest absolute Gasteiger partial charge is 0.490 e. The lowest BCUT2D eigenvalue weighted by Crippen LogP contribution is -2.14. The molecular formula is C19H22N2O4. The molecule has 0 aliphatic carbocycles. The van der Waals surface area contributed by atoms with E-state index in [0.29, 0.717) is 30.6 Å². The van der Waals surface area contributed by atoms with E-state index in [1.807, 2.05) is 56.3 Å². The third kappa shape index (κ3) is 3.92. The Hall–Kier alpha value is -2.57. The summed E-state index contributed by atoms with van der Waals surface area (Å²) < 4.78 is 11.2. The van der Waals surface area contributed by atoms with Crippen molar-refractivity contribution in [3.05, 3.63) is 59.2 Å². The zero-order valence-corrected chi connectivity index (χ0v) is 14.4. The van der Waals surface area contributed by atoms with Crippen LogP contribution < -0.4 is 15.0 Å². The normalized spacial score (nSPS) is 16.3. The number of hydrogen-bond acceptors (Lipinski definition) is 6. The third-order valence-corrected chi connectivity index (χ3v) is 3.78. The molecular weight excluding hydrogens is 320 g/mol. The van der Waals surface area contributed by atoms with Crippen molar-refractivity contribution in [2.75, 3.05) is 13.2 Å². The Labute approximate surface area is 147 Å². The molecule has 0 radical (unpaired) electrons. The fourth-order valence-electron chi connectivity index (χ4n) is 2.55. The average Bonchev–Trinajstić information content (AvgIpc) is 3.14. The maximum Gasteiger partial charge on any atom is 0.242 e. The number of aliphatic hydroxyl groups is 1. The number of hydroxylamine groups is 1. The molecule has 6 nitrogen and oxygen atoms in total. The Morgan fingerprint density at radius 3 is 2.44 bits per heavy atom. The quantitative estimate of drug-likeness (QED) is 0.809. The number of benzene rings is 2. The fraction of sp³-hybridized carbons (Fsp3) is 0.316. The van der Waals surface area contributed by atoms with Crippen LogP contribution in [0.2, 0.25) is 0 Å². The van der Waals surface area contributed by atoms with E-state index in [1.54, 1.807) is 0 Å². The molecule has 2 N–H and O–H groups in total. The Balaban J connectivity index is 1.82. The number of hydrogen-bond donors (Lipinski definition) is 2. The van der Waals surface area contributed by atoms with Crippen LogP contribution >= 0.6 is 0 Å². The highest BCUT2D eigenvalue weighted by molar-refractivity contribution is 5.95. The Kier molecular flexibility index (Phi) is 5.53. The molecule has 1 aliphatic rings. The van der Waals surface area contributed by atoms with E-state index in [2.05, 4.69) is 10.5 Å². The summed E-state index contributed by atoms with van der Waals surface area (Å²) in [4.78, 5) is 10.1. The Morgan fingerprint density at radius 1 is 1.04 bits per heavy atom. The summed E-state index contributed by atoms with van der Waals surface area (Å²) in [6, 6.07) is 13.2. The van der Waals surface area contributed by atoms with Gasteiger partial charge in [0.2, 0.25) is 5.90 Å². The number of aliphatic hydroxyl groups excluding tert-OH is 1. The van der Waals surface area contributed by atoms with Gasteiger partial charge in [0.05, 0.1) is 19.8 Å². The van der Waals surface area contributed by atoms with Crippen LogP contribution in [-0.2, 0) is 11.4 Å². The SMILES string of the molecule is CCOc1ccc(C2=NC(c3ccc(CO)cc3)NO2)cc1OCC. The second kappa shape index (κ2) is 8.00. The average molecular weight is 342 g/mol. The summed E-state index contributed by atoms with van der Waals surface area (Å²) in [5.41, 5.74) is 5.55. The van der Waals surface area contributed by atoms with Crippen molar-refractivity contribution in [3.63, 3.8) is 0 Å². The second-order valence-corrected chi connectivity index (χ2v) is 5.48. The molecule has 2 aromatic rings. The number of nitrogens with zero attached hydrogens (tertiary/aromatic N) is 1. The van der Waals surface area contributed by atoms with Crippen LogP contribution in [0.15, 0.2) is 47.5 Å². The molecule has 1 atom stereocenters. The predicted octanol–water partition coefficient (Wildman–Crippen LogP) is 2.96. The van der Waals surface area contributed by atoms with Gasteiger partial charge in [-0.2, -0.15) is 0 Å². The number of nitrogens with one attached hydrogen (secondary N) is 1. The summed E-state index contributed by atoms with van der Waals surface area (Å²) in [5, 5.41) is 9.12. The number of ether oxygens (including phenoxy) is 2. The van der Waals surface area contributed by atoms with Crippen molar-refractivity contribution in [1.29, 1.82) is 0 Å². The van der Waals surface area contributed by atoms with Gasteiger partial charge in [-0.05, 0) is 43.2 Å². The zero-order valence-electron chi connectivity index (χ0n) is 14.4. The molecule has 0 spiro atoms. The van der Waals surface area contributed by atoms with Crippen LogP contribution in [0.4, 0.5) is 0 Å². The summed E-state index contributed by atoms with van der Waals surface area (Å²) in [6.07, 6.45) is -0.287. The van der Waals surface area contributed by atoms with Gasteiger partial charge in [-0.3, -0.25) is 0 Å². The Morgan fingerprint density at radius 2 is 1.76 bits per heavy atom. The first-order chi connectivity index (χ1) is 12.2. The molecule has 3 rings (SSSR count). The topological polar surface area (TPSA) is 72.3 Å². The van der Waals surface area contributed by atoms with Crippen LogP contribution in [0, 0.1) is 0 Å². The fourth-order valence-corrected chi connectivity index (χ4v) is 2.55. The molecule has 25 heavy (non-hydrogen) atoms. The van der Waals surface area contributed by atoms with E-state index in [-0.39, 0.29) is 12.8 Å². The van der Waals surface area contributed by atoms with Gasteiger partial charge in [0, 0.05) is 5.56 Å². The minimum atomic E-state index is -0.287. The summed E-state index contributed by atoms with van der Waals surface area (Å²) >= 11 is 0. The van der Waals surface area contributed by atoms with Crippen molar-refractivity contribution >= 4 is 5.90 Å². The lowest BCUT2D eigenvalue weighted by molar-refractivity contribution is 0.180. The molecule has 0 bridgehead atoms. The van der Waals surface area contributed by atoms with Crippen molar-refractivity contribution in [1.82, 2.24) is 5.48 Å². The maximum atomic E-state index is 9.12. The molecule has 132 valence electrons. The van der Waals surface area contributed by atoms with Crippen molar-refractivity contribution in [2.45, 2.75) is 26.6 Å². The van der Waals surface area contributed by atoms with Gasteiger partial charge >= 0.3 is 0 Å². The lowest BCUT2D eigenvalue weighted by atomic mass is 10.1. The van der Waals surface area contributed by atoms with Crippen LogP contribution in [0.3, 0.4) is 0 Å². The van der Waals surface area contributed by atoms with Gasteiger partial charge in [0.25, 0.3) is 0 Å². The predicted molar refractivity (Wildman–Crippen MR) is 94.6 cm³/mol. The first-order valence-electron chi connectivity index (χ1n) is 8.35. The third-order valence-electron chi connectivity index (χ3n) is 3.78. The molecule has 2 aromatic carbocycles. The standard InChI is InChI=1S/C19H22N2O4/c1-3-23-16-10-9-15(11-17(16)24-4-2)19-20-18(21-25-19)14-7-5-13(12-22)6-8-14/h5-11,18,21-22H,3-4,12H2,1-2H3. The van der Waals surface area contributed by atoms with Gasteiger partial charge in [-0.25, -0.2) is 4.99 Å². The molecule has 0 saturated carbocycles. The lowest BCUT2D eigenvalue weighted by Gasteiger charge is -2.11. The molecule has 6 heteroatoms. The molecule has 1 aliphatic heterocycles. The monoisotopic (exact) mass is 342 g/mol. The summed E-state index contributed by atoms with van der Waals surface area (Å²) in [6.45, 7) is 5.01. The highest BCUT2D eigenvalue weighted by atomic mass is 16.7. The van der Waals surface area contributed by atoms with Crippen LogP contribution in [0.25, 0.3) is 0 Å². The first kappa shape index (κ1) is 17.3. The molecule has 0 fully saturated rings. The Bertz CT molecular complexity index is 744. The summed E-state index contributed by atoms with van der Waals surface area (Å²) in [7, 11) is 0. The van der Waals surface area contributed by atoms with E-state index in [9.17, 15) is 0 Å². The minimum absolute atomic E-state index is 0.0236. The molecule has 1 heterocycles. The van der Waals surface area contributed by atoms with E-state index in [0.717, 1.165) is 16.7 Å². The second-order valence-electron chi connectivity index (χ2n) is 5.48. The van der Waals surface area contributed by atoms with Crippen LogP contribution in [0.1, 0.15) is 36.7 Å². The van der Waals surface area contributed by atoms with Crippen LogP contribution in [0.5, 0.6) is 11.5 Å². The van der Waals surface area contributed by atoms with E-state index < -0.39 is 0 Å². The van der Waals surface area contributed by atoms with Gasteiger partial charge in [0.1, 0.15) is 0 Å². The minimum Gasteiger partial charge on any atom is -0.490 e. The molecule has 0 aromatic heterocycles. The first-order valence-corrected chi connectivity index (χ1v) is 8.35. The highest BCUT2D eigenvalue weighted by Gasteiger charge is 2.22.